The molecule has 1 aromatic carbocycles. The lowest BCUT2D eigenvalue weighted by molar-refractivity contribution is -0.155. The second kappa shape index (κ2) is 10.2. The van der Waals surface area contributed by atoms with Gasteiger partial charge in [-0.2, -0.15) is 0 Å². The number of rotatable bonds is 5. The van der Waals surface area contributed by atoms with Crippen molar-refractivity contribution in [2.24, 2.45) is 17.8 Å². The molecule has 1 N–H and O–H groups in total. The number of likely N-dealkylation sites (tertiary alicyclic amines) is 1. The first-order chi connectivity index (χ1) is 17.8. The number of esters is 1. The number of aliphatic hydroxyl groups excluding tert-OH is 1. The van der Waals surface area contributed by atoms with Crippen molar-refractivity contribution in [1.29, 1.82) is 0 Å². The lowest BCUT2D eigenvalue weighted by Gasteiger charge is -2.39. The molecule has 2 fully saturated rings. The van der Waals surface area contributed by atoms with Crippen LogP contribution in [-0.4, -0.2) is 71.3 Å². The van der Waals surface area contributed by atoms with Crippen molar-refractivity contribution < 1.29 is 29.0 Å². The second-order valence-electron chi connectivity index (χ2n) is 10.6. The van der Waals surface area contributed by atoms with E-state index >= 15 is 0 Å². The summed E-state index contributed by atoms with van der Waals surface area (Å²) < 4.78 is 12.2. The van der Waals surface area contributed by atoms with Crippen LogP contribution in [0.1, 0.15) is 33.1 Å². The molecular weight excluding hydrogens is 496 g/mol. The van der Waals surface area contributed by atoms with Gasteiger partial charge in [0.1, 0.15) is 17.6 Å². The van der Waals surface area contributed by atoms with Crippen LogP contribution < -0.4 is 4.90 Å². The molecule has 4 heterocycles. The maximum atomic E-state index is 14.4. The Bertz CT molecular complexity index is 1120. The molecule has 1 unspecified atom stereocenters. The van der Waals surface area contributed by atoms with Gasteiger partial charge in [0, 0.05) is 17.3 Å². The molecule has 4 aliphatic rings. The van der Waals surface area contributed by atoms with Gasteiger partial charge in [0.2, 0.25) is 5.91 Å². The van der Waals surface area contributed by atoms with Gasteiger partial charge in [-0.05, 0) is 49.4 Å². The third-order valence-electron chi connectivity index (χ3n) is 7.77. The Morgan fingerprint density at radius 2 is 1.89 bits per heavy atom. The third-order valence-corrected chi connectivity index (χ3v) is 8.03. The second-order valence-corrected chi connectivity index (χ2v) is 11.1. The van der Waals surface area contributed by atoms with Crippen LogP contribution in [0.3, 0.4) is 0 Å². The number of benzene rings is 1. The minimum absolute atomic E-state index is 0.164. The predicted molar refractivity (Wildman–Crippen MR) is 138 cm³/mol. The van der Waals surface area contributed by atoms with E-state index in [1.165, 1.54) is 4.90 Å². The summed E-state index contributed by atoms with van der Waals surface area (Å²) in [5.74, 6) is -2.84. The molecule has 2 saturated heterocycles. The summed E-state index contributed by atoms with van der Waals surface area (Å²) in [6, 6.07) is 5.29. The minimum atomic E-state index is -1.36. The molecule has 0 radical (unpaired) electrons. The van der Waals surface area contributed by atoms with Crippen LogP contribution in [0, 0.1) is 17.8 Å². The molecule has 37 heavy (non-hydrogen) atoms. The summed E-state index contributed by atoms with van der Waals surface area (Å²) in [6.45, 7) is 4.22. The normalized spacial score (nSPS) is 33.2. The summed E-state index contributed by atoms with van der Waals surface area (Å²) >= 11 is 6.08. The molecule has 198 valence electrons. The molecule has 4 aliphatic heterocycles. The van der Waals surface area contributed by atoms with Gasteiger partial charge < -0.3 is 24.4 Å². The van der Waals surface area contributed by atoms with E-state index in [0.29, 0.717) is 23.6 Å². The fraction of sp³-hybridized carbons (Fsp3) is 0.536. The zero-order chi connectivity index (χ0) is 26.3. The fourth-order valence-electron chi connectivity index (χ4n) is 6.26. The van der Waals surface area contributed by atoms with E-state index in [1.54, 1.807) is 35.2 Å². The maximum Gasteiger partial charge on any atom is 0.312 e. The molecule has 1 aromatic rings. The number of hydrogen-bond donors (Lipinski definition) is 1. The van der Waals surface area contributed by atoms with Crippen molar-refractivity contribution in [3.05, 3.63) is 53.6 Å². The van der Waals surface area contributed by atoms with Crippen LogP contribution in [0.15, 0.2) is 48.6 Å². The largest absolute Gasteiger partial charge is 0.465 e. The lowest BCUT2D eigenvalue weighted by atomic mass is 9.78. The van der Waals surface area contributed by atoms with Crippen LogP contribution in [0.2, 0.25) is 5.02 Å². The fourth-order valence-corrected chi connectivity index (χ4v) is 6.39. The van der Waals surface area contributed by atoms with Crippen molar-refractivity contribution in [2.45, 2.75) is 56.9 Å². The summed E-state index contributed by atoms with van der Waals surface area (Å²) in [7, 11) is 0. The summed E-state index contributed by atoms with van der Waals surface area (Å²) in [5, 5.41) is 10.9. The highest BCUT2D eigenvalue weighted by Crippen LogP contribution is 2.54. The number of nitrogens with zero attached hydrogens (tertiary/aromatic N) is 2. The molecule has 0 aliphatic carbocycles. The standard InChI is InChI=1S/C28H33ClN2O6/c1-17(2)15-20(16-32)31-24-26(34)30(19-10-8-18(29)9-11-19)13-6-12-28(24)23(25(31)33)22-21(37-28)7-4-3-5-14-36-27(22)35/h4,6-12,17,20-24,32H,3,5,13-16H2,1-2H3/b7-4-/t20-,21-,22+,23+,24?,28+/m1/s1. The topological polar surface area (TPSA) is 96.4 Å². The molecular formula is C28H33ClN2O6. The number of aliphatic hydroxyl groups is 1. The molecule has 8 nitrogen and oxygen atoms in total. The van der Waals surface area contributed by atoms with Gasteiger partial charge in [-0.1, -0.05) is 49.8 Å². The summed E-state index contributed by atoms with van der Waals surface area (Å²) in [6.07, 6.45) is 8.61. The van der Waals surface area contributed by atoms with Crippen molar-refractivity contribution in [1.82, 2.24) is 4.90 Å². The number of allylic oxidation sites excluding steroid dienone is 1. The zero-order valence-corrected chi connectivity index (χ0v) is 21.8. The van der Waals surface area contributed by atoms with Crippen LogP contribution in [0.4, 0.5) is 5.69 Å². The van der Waals surface area contributed by atoms with Crippen molar-refractivity contribution >= 4 is 35.1 Å². The van der Waals surface area contributed by atoms with Gasteiger partial charge in [0.05, 0.1) is 31.3 Å². The Hall–Kier alpha value is -2.68. The molecule has 0 bridgehead atoms. The first-order valence-corrected chi connectivity index (χ1v) is 13.3. The quantitative estimate of drug-likeness (QED) is 0.466. The summed E-state index contributed by atoms with van der Waals surface area (Å²) in [4.78, 5) is 45.0. The number of anilines is 1. The average molecular weight is 529 g/mol. The van der Waals surface area contributed by atoms with Crippen molar-refractivity contribution in [2.75, 3.05) is 24.7 Å². The Kier molecular flexibility index (Phi) is 7.18. The van der Waals surface area contributed by atoms with E-state index < -0.39 is 41.6 Å². The Balaban J connectivity index is 1.64. The number of carbonyl (C=O) groups excluding carboxylic acids is 3. The SMILES string of the molecule is CC(C)C[C@H](CO)N1C(=O)[C@@H]2[C@H]3C(=O)OCCC/C=C\[C@H]3O[C@@]23C=CCN(c2ccc(Cl)cc2)C(=O)C13. The number of cyclic esters (lactones) is 1. The number of amides is 2. The highest BCUT2D eigenvalue weighted by molar-refractivity contribution is 6.30. The molecule has 9 heteroatoms. The van der Waals surface area contributed by atoms with E-state index in [9.17, 15) is 19.5 Å². The Morgan fingerprint density at radius 1 is 1.14 bits per heavy atom. The van der Waals surface area contributed by atoms with Gasteiger partial charge in [0.25, 0.3) is 5.91 Å². The van der Waals surface area contributed by atoms with E-state index in [2.05, 4.69) is 0 Å². The molecule has 5 rings (SSSR count). The van der Waals surface area contributed by atoms with Crippen molar-refractivity contribution in [3.8, 4) is 0 Å². The first kappa shape index (κ1) is 25.9. The van der Waals surface area contributed by atoms with Gasteiger partial charge >= 0.3 is 5.97 Å². The Morgan fingerprint density at radius 3 is 2.59 bits per heavy atom. The molecule has 1 spiro atoms. The maximum absolute atomic E-state index is 14.4. The molecule has 2 amide bonds. The van der Waals surface area contributed by atoms with Crippen molar-refractivity contribution in [3.63, 3.8) is 0 Å². The van der Waals surface area contributed by atoms with Crippen LogP contribution in [-0.2, 0) is 23.9 Å². The average Bonchev–Trinajstić information content (AvgIpc) is 3.28. The van der Waals surface area contributed by atoms with Crippen LogP contribution >= 0.6 is 11.6 Å². The third kappa shape index (κ3) is 4.39. The summed E-state index contributed by atoms with van der Waals surface area (Å²) in [5.41, 5.74) is -0.728. The number of carbonyl (C=O) groups is 3. The lowest BCUT2D eigenvalue weighted by Crippen LogP contribution is -2.58. The molecule has 0 aromatic heterocycles. The van der Waals surface area contributed by atoms with Gasteiger partial charge in [-0.15, -0.1) is 0 Å². The van der Waals surface area contributed by atoms with Crippen LogP contribution in [0.5, 0.6) is 0 Å². The number of fused-ring (bicyclic) bond motifs is 2. The molecule has 6 atom stereocenters. The Labute approximate surface area is 221 Å². The number of ether oxygens (including phenoxy) is 2. The van der Waals surface area contributed by atoms with Gasteiger partial charge in [-0.25, -0.2) is 0 Å². The first-order valence-electron chi connectivity index (χ1n) is 13.0. The van der Waals surface area contributed by atoms with Crippen LogP contribution in [0.25, 0.3) is 0 Å². The van der Waals surface area contributed by atoms with Gasteiger partial charge in [-0.3, -0.25) is 14.4 Å². The predicted octanol–water partition coefficient (Wildman–Crippen LogP) is 3.12. The zero-order valence-electron chi connectivity index (χ0n) is 21.1. The minimum Gasteiger partial charge on any atom is -0.465 e. The van der Waals surface area contributed by atoms with Gasteiger partial charge in [0.15, 0.2) is 0 Å². The number of halogens is 1. The highest BCUT2D eigenvalue weighted by Gasteiger charge is 2.72. The van der Waals surface area contributed by atoms with E-state index in [0.717, 1.165) is 6.42 Å². The smallest absolute Gasteiger partial charge is 0.312 e. The van der Waals surface area contributed by atoms with E-state index in [-0.39, 0.29) is 37.5 Å². The monoisotopic (exact) mass is 528 g/mol. The van der Waals surface area contributed by atoms with E-state index in [4.69, 9.17) is 21.1 Å². The highest BCUT2D eigenvalue weighted by atomic mass is 35.5. The number of hydrogen-bond acceptors (Lipinski definition) is 6. The molecule has 0 saturated carbocycles. The van der Waals surface area contributed by atoms with E-state index in [1.807, 2.05) is 32.1 Å².